The van der Waals surface area contributed by atoms with Gasteiger partial charge in [-0.2, -0.15) is 13.2 Å². The van der Waals surface area contributed by atoms with Crippen LogP contribution in [0.5, 0.6) is 5.75 Å². The molecule has 4 rings (SSSR count). The summed E-state index contributed by atoms with van der Waals surface area (Å²) in [5.41, 5.74) is -0.0586. The summed E-state index contributed by atoms with van der Waals surface area (Å²) >= 11 is 0. The van der Waals surface area contributed by atoms with Gasteiger partial charge in [0.05, 0.1) is 19.2 Å². The molecule has 6 nitrogen and oxygen atoms in total. The van der Waals surface area contributed by atoms with Gasteiger partial charge in [0.15, 0.2) is 0 Å². The predicted molar refractivity (Wildman–Crippen MR) is 125 cm³/mol. The monoisotopic (exact) mass is 489 g/mol. The van der Waals surface area contributed by atoms with Crippen molar-refractivity contribution in [3.8, 4) is 5.75 Å². The summed E-state index contributed by atoms with van der Waals surface area (Å²) in [5.74, 6) is 0.513. The Morgan fingerprint density at radius 3 is 2.29 bits per heavy atom. The zero-order valence-corrected chi connectivity index (χ0v) is 20.1. The summed E-state index contributed by atoms with van der Waals surface area (Å²) in [7, 11) is 3.25. The number of imide groups is 1. The number of likely N-dealkylation sites (N-methyl/N-ethyl adjacent to an activating group) is 1. The molecule has 2 aromatic rings. The van der Waals surface area contributed by atoms with Crippen LogP contribution in [0.1, 0.15) is 36.5 Å². The van der Waals surface area contributed by atoms with Crippen LogP contribution in [0.2, 0.25) is 0 Å². The Hall–Kier alpha value is -3.07. The molecule has 3 amide bonds. The molecule has 35 heavy (non-hydrogen) atoms. The molecular weight excluding hydrogens is 459 g/mol. The Balaban J connectivity index is 1.40. The minimum Gasteiger partial charge on any atom is -0.497 e. The SMILES string of the molecule is COc1ccc(CN2C(=O)N(C)C3(CCN(C(C)Cc4cccc(C(F)(F)F)c4)CC3)C2=O)cc1. The topological polar surface area (TPSA) is 53.1 Å². The highest BCUT2D eigenvalue weighted by Crippen LogP contribution is 2.38. The summed E-state index contributed by atoms with van der Waals surface area (Å²) in [5, 5.41) is 0. The van der Waals surface area contributed by atoms with Crippen LogP contribution in [0.15, 0.2) is 48.5 Å². The van der Waals surface area contributed by atoms with Crippen LogP contribution < -0.4 is 4.74 Å². The number of methoxy groups -OCH3 is 1. The average molecular weight is 490 g/mol. The summed E-state index contributed by atoms with van der Waals surface area (Å²) in [4.78, 5) is 31.5. The number of nitrogens with zero attached hydrogens (tertiary/aromatic N) is 3. The van der Waals surface area contributed by atoms with E-state index < -0.39 is 17.3 Å². The highest BCUT2D eigenvalue weighted by atomic mass is 19.4. The fraction of sp³-hybridized carbons (Fsp3) is 0.462. The van der Waals surface area contributed by atoms with Crippen molar-refractivity contribution in [1.82, 2.24) is 14.7 Å². The minimum absolute atomic E-state index is 0.00347. The maximum Gasteiger partial charge on any atom is 0.416 e. The lowest BCUT2D eigenvalue weighted by Crippen LogP contribution is -2.56. The Morgan fingerprint density at radius 2 is 1.69 bits per heavy atom. The average Bonchev–Trinajstić information content (AvgIpc) is 3.01. The van der Waals surface area contributed by atoms with Crippen molar-refractivity contribution >= 4 is 11.9 Å². The lowest BCUT2D eigenvalue weighted by molar-refractivity contribution is -0.137. The molecule has 2 fully saturated rings. The highest BCUT2D eigenvalue weighted by molar-refractivity contribution is 6.06. The quantitative estimate of drug-likeness (QED) is 0.558. The van der Waals surface area contributed by atoms with Crippen LogP contribution in [0.3, 0.4) is 0 Å². The van der Waals surface area contributed by atoms with Crippen LogP contribution in [0.25, 0.3) is 0 Å². The molecule has 1 atom stereocenters. The Kier molecular flexibility index (Phi) is 6.81. The molecule has 2 aliphatic heterocycles. The fourth-order valence-corrected chi connectivity index (χ4v) is 5.13. The normalized spacial score (nSPS) is 19.5. The second kappa shape index (κ2) is 9.53. The largest absolute Gasteiger partial charge is 0.497 e. The molecule has 0 N–H and O–H groups in total. The lowest BCUT2D eigenvalue weighted by Gasteiger charge is -2.43. The molecule has 0 aliphatic carbocycles. The molecule has 9 heteroatoms. The van der Waals surface area contributed by atoms with Gasteiger partial charge < -0.3 is 14.5 Å². The second-order valence-corrected chi connectivity index (χ2v) is 9.40. The highest BCUT2D eigenvalue weighted by Gasteiger charge is 2.56. The molecule has 2 aromatic carbocycles. The minimum atomic E-state index is -4.37. The molecule has 1 unspecified atom stereocenters. The summed E-state index contributed by atoms with van der Waals surface area (Å²) in [6, 6.07) is 12.4. The molecule has 0 aromatic heterocycles. The van der Waals surface area contributed by atoms with E-state index in [1.165, 1.54) is 17.0 Å². The van der Waals surface area contributed by atoms with E-state index in [4.69, 9.17) is 4.74 Å². The van der Waals surface area contributed by atoms with Crippen LogP contribution in [0, 0.1) is 0 Å². The van der Waals surface area contributed by atoms with E-state index >= 15 is 0 Å². The van der Waals surface area contributed by atoms with E-state index in [-0.39, 0.29) is 24.5 Å². The van der Waals surface area contributed by atoms with E-state index in [1.807, 2.05) is 19.1 Å². The number of hydrogen-bond donors (Lipinski definition) is 0. The van der Waals surface area contributed by atoms with Gasteiger partial charge in [-0.3, -0.25) is 9.69 Å². The second-order valence-electron chi connectivity index (χ2n) is 9.40. The molecule has 188 valence electrons. The Labute approximate surface area is 203 Å². The first-order chi connectivity index (χ1) is 16.5. The number of ether oxygens (including phenoxy) is 1. The molecular formula is C26H30F3N3O3. The number of piperidine rings is 1. The van der Waals surface area contributed by atoms with Crippen molar-refractivity contribution in [2.45, 2.75) is 50.5 Å². The van der Waals surface area contributed by atoms with Crippen LogP contribution in [0.4, 0.5) is 18.0 Å². The molecule has 0 saturated carbocycles. The number of halogens is 3. The summed E-state index contributed by atoms with van der Waals surface area (Å²) in [6.07, 6.45) is -2.92. The van der Waals surface area contributed by atoms with Gasteiger partial charge in [-0.25, -0.2) is 4.79 Å². The van der Waals surface area contributed by atoms with Crippen LogP contribution in [-0.2, 0) is 23.9 Å². The fourth-order valence-electron chi connectivity index (χ4n) is 5.13. The standard InChI is InChI=1S/C26H30F3N3O3/c1-18(15-20-5-4-6-21(16-20)26(27,28)29)31-13-11-25(12-14-31)23(33)32(24(34)30(25)2)17-19-7-9-22(35-3)10-8-19/h4-10,16,18H,11-15,17H2,1-3H3. The van der Waals surface area contributed by atoms with Crippen LogP contribution in [-0.4, -0.2) is 65.5 Å². The summed E-state index contributed by atoms with van der Waals surface area (Å²) < 4.78 is 44.3. The van der Waals surface area contributed by atoms with Gasteiger partial charge in [-0.15, -0.1) is 0 Å². The lowest BCUT2D eigenvalue weighted by atomic mass is 9.85. The van der Waals surface area contributed by atoms with Crippen molar-refractivity contribution in [3.05, 3.63) is 65.2 Å². The van der Waals surface area contributed by atoms with Gasteiger partial charge in [-0.05, 0) is 55.5 Å². The van der Waals surface area contributed by atoms with Gasteiger partial charge in [0.1, 0.15) is 11.3 Å². The van der Waals surface area contributed by atoms with E-state index in [0.717, 1.165) is 11.6 Å². The number of alkyl halides is 3. The Morgan fingerprint density at radius 1 is 1.03 bits per heavy atom. The third-order valence-electron chi connectivity index (χ3n) is 7.34. The zero-order valence-electron chi connectivity index (χ0n) is 20.1. The first-order valence-electron chi connectivity index (χ1n) is 11.7. The van der Waals surface area contributed by atoms with Crippen molar-refractivity contribution < 1.29 is 27.5 Å². The van der Waals surface area contributed by atoms with E-state index in [9.17, 15) is 22.8 Å². The van der Waals surface area contributed by atoms with Gasteiger partial charge in [-0.1, -0.05) is 30.3 Å². The van der Waals surface area contributed by atoms with Gasteiger partial charge in [0.2, 0.25) is 0 Å². The van der Waals surface area contributed by atoms with Crippen molar-refractivity contribution in [1.29, 1.82) is 0 Å². The van der Waals surface area contributed by atoms with E-state index in [1.54, 1.807) is 37.3 Å². The van der Waals surface area contributed by atoms with E-state index in [2.05, 4.69) is 4.90 Å². The van der Waals surface area contributed by atoms with Crippen molar-refractivity contribution in [2.24, 2.45) is 0 Å². The molecule has 2 heterocycles. The van der Waals surface area contributed by atoms with Crippen molar-refractivity contribution in [2.75, 3.05) is 27.2 Å². The first kappa shape index (κ1) is 25.0. The van der Waals surface area contributed by atoms with Gasteiger partial charge in [0.25, 0.3) is 5.91 Å². The molecule has 0 bridgehead atoms. The zero-order chi connectivity index (χ0) is 25.4. The van der Waals surface area contributed by atoms with E-state index in [0.29, 0.717) is 43.7 Å². The maximum absolute atomic E-state index is 13.4. The number of carbonyl (C=O) groups is 2. The maximum atomic E-state index is 13.4. The third-order valence-corrected chi connectivity index (χ3v) is 7.34. The molecule has 0 radical (unpaired) electrons. The van der Waals surface area contributed by atoms with Gasteiger partial charge in [0, 0.05) is 26.2 Å². The number of hydrogen-bond acceptors (Lipinski definition) is 4. The molecule has 1 spiro atoms. The van der Waals surface area contributed by atoms with Crippen LogP contribution >= 0.6 is 0 Å². The molecule has 2 saturated heterocycles. The number of amides is 3. The third kappa shape index (κ3) is 4.87. The number of benzene rings is 2. The first-order valence-corrected chi connectivity index (χ1v) is 11.7. The summed E-state index contributed by atoms with van der Waals surface area (Å²) in [6.45, 7) is 3.35. The Bertz CT molecular complexity index is 1080. The van der Waals surface area contributed by atoms with Gasteiger partial charge >= 0.3 is 12.2 Å². The number of rotatable bonds is 6. The molecule has 2 aliphatic rings. The number of carbonyl (C=O) groups excluding carboxylic acids is 2. The predicted octanol–water partition coefficient (Wildman–Crippen LogP) is 4.57. The van der Waals surface area contributed by atoms with Crippen molar-refractivity contribution in [3.63, 3.8) is 0 Å². The number of likely N-dealkylation sites (tertiary alicyclic amines) is 1. The smallest absolute Gasteiger partial charge is 0.416 e. The number of urea groups is 1.